The number of carbonyl (C=O) groups excluding carboxylic acids is 3. The second-order valence-corrected chi connectivity index (χ2v) is 32.1. The third kappa shape index (κ3) is 18.3. The average molecular weight is 1770 g/mol. The first kappa shape index (κ1) is 86.2. The molecule has 0 saturated carbocycles. The van der Waals surface area contributed by atoms with Gasteiger partial charge in [-0.1, -0.05) is 192 Å². The van der Waals surface area contributed by atoms with E-state index in [1.165, 1.54) is 30.8 Å². The number of imidazole rings is 1. The maximum atomic E-state index is 13.5. The Morgan fingerprint density at radius 1 is 0.429 bits per heavy atom. The van der Waals surface area contributed by atoms with E-state index in [1.54, 1.807) is 96.2 Å². The molecule has 29 heteroatoms. The summed E-state index contributed by atoms with van der Waals surface area (Å²) in [6.45, 7) is 19.2. The number of halogens is 4. The number of para-hydroxylation sites is 4. The van der Waals surface area contributed by atoms with Gasteiger partial charge in [0, 0.05) is 107 Å². The topological polar surface area (TPSA) is 297 Å². The number of nitrogens with zero attached hydrogens (tertiary/aromatic N) is 11. The van der Waals surface area contributed by atoms with Crippen molar-refractivity contribution in [3.05, 3.63) is 411 Å². The van der Waals surface area contributed by atoms with E-state index in [9.17, 15) is 33.6 Å². The number of aromatic nitrogens is 12. The minimum Gasteiger partial charge on any atom is -0.377 e. The van der Waals surface area contributed by atoms with Crippen molar-refractivity contribution in [2.24, 2.45) is 0 Å². The highest BCUT2D eigenvalue weighted by Crippen LogP contribution is 2.34. The van der Waals surface area contributed by atoms with Gasteiger partial charge in [0.2, 0.25) is 5.91 Å². The maximum Gasteiger partial charge on any atom is 0.264 e. The smallest absolute Gasteiger partial charge is 0.264 e. The van der Waals surface area contributed by atoms with Crippen LogP contribution in [0.25, 0.3) is 94.0 Å². The summed E-state index contributed by atoms with van der Waals surface area (Å²) in [5.74, 6) is -0.806. The minimum atomic E-state index is -0.491. The second-order valence-electron chi connectivity index (χ2n) is 29.4. The molecule has 0 aliphatic heterocycles. The number of pyridine rings is 6. The van der Waals surface area contributed by atoms with Crippen LogP contribution in [0.2, 0.25) is 20.1 Å². The molecule has 0 saturated heterocycles. The quantitative estimate of drug-likeness (QED) is 0.0439. The van der Waals surface area contributed by atoms with Gasteiger partial charge in [-0.25, -0.2) is 24.5 Å². The molecule has 628 valence electrons. The predicted octanol–water partition coefficient (Wildman–Crippen LogP) is 19.6. The molecule has 18 rings (SSSR count). The SMILES string of the molecule is C=C(N[C@@H](C)c1cc2cccc(Cl)c2c(=O)n1-c1ccccc1)c1cccnc1.C=C(N[C@@H](C)c1cc2cccc(Cl)c2c(=O)n1-c1ccccc1)c1cnc(NC(C)=O)s1.C[C@H](NC(=O)c1ccnc2nc[nH]c12)c1cc2cccc(Cl)c2c(=O)n1-c1ccccc1.Cc1cnc2c(C(=O)N[C@@H](C)c3cc4cccc(Cl)c4c(=O)n3-c3ccccc3)cnn2c1. The molecule has 0 spiro atoms. The molecule has 10 aromatic heterocycles. The first-order valence-corrected chi connectivity index (χ1v) is 42.1. The summed E-state index contributed by atoms with van der Waals surface area (Å²) >= 11 is 26.8. The molecule has 4 atom stereocenters. The lowest BCUT2D eigenvalue weighted by Crippen LogP contribution is -2.32. The Labute approximate surface area is 744 Å². The fourth-order valence-electron chi connectivity index (χ4n) is 14.9. The van der Waals surface area contributed by atoms with Crippen LogP contribution in [0.4, 0.5) is 5.13 Å². The van der Waals surface area contributed by atoms with E-state index < -0.39 is 12.1 Å². The molecule has 0 aliphatic carbocycles. The van der Waals surface area contributed by atoms with Crippen LogP contribution in [0.3, 0.4) is 0 Å². The summed E-state index contributed by atoms with van der Waals surface area (Å²) in [5, 5.41) is 26.7. The summed E-state index contributed by atoms with van der Waals surface area (Å²) < 4.78 is 8.15. The largest absolute Gasteiger partial charge is 0.377 e. The number of amides is 3. The number of fused-ring (bicyclic) bond motifs is 6. The van der Waals surface area contributed by atoms with Crippen LogP contribution in [0.1, 0.15) is 118 Å². The van der Waals surface area contributed by atoms with Crippen molar-refractivity contribution in [2.75, 3.05) is 5.32 Å². The minimum absolute atomic E-state index is 0.144. The van der Waals surface area contributed by atoms with Crippen LogP contribution >= 0.6 is 57.7 Å². The Balaban J connectivity index is 0.000000130. The van der Waals surface area contributed by atoms with Gasteiger partial charge in [0.25, 0.3) is 34.1 Å². The maximum absolute atomic E-state index is 13.5. The number of aryl methyl sites for hydroxylation is 1. The van der Waals surface area contributed by atoms with E-state index in [0.29, 0.717) is 114 Å². The fourth-order valence-corrected chi connectivity index (χ4v) is 16.7. The van der Waals surface area contributed by atoms with E-state index >= 15 is 0 Å². The molecule has 18 aromatic rings. The highest BCUT2D eigenvalue weighted by Gasteiger charge is 2.27. The van der Waals surface area contributed by atoms with E-state index in [1.807, 2.05) is 235 Å². The van der Waals surface area contributed by atoms with Crippen molar-refractivity contribution >= 4 is 152 Å². The lowest BCUT2D eigenvalue weighted by atomic mass is 10.1. The fraction of sp³-hybridized carbons (Fsp3) is 0.103. The average Bonchev–Trinajstić information content (AvgIpc) is 0.903. The number of anilines is 1. The Hall–Kier alpha value is -14.7. The first-order valence-electron chi connectivity index (χ1n) is 39.7. The van der Waals surface area contributed by atoms with Crippen molar-refractivity contribution in [2.45, 2.75) is 65.7 Å². The first-order chi connectivity index (χ1) is 60.9. The van der Waals surface area contributed by atoms with Crippen LogP contribution in [0.15, 0.2) is 319 Å². The molecule has 0 radical (unpaired) electrons. The molecule has 6 N–H and O–H groups in total. The zero-order valence-electron chi connectivity index (χ0n) is 68.6. The number of thiazole rings is 1. The lowest BCUT2D eigenvalue weighted by molar-refractivity contribution is -0.114. The molecule has 24 nitrogen and oxygen atoms in total. The number of H-pyrrole nitrogens is 1. The van der Waals surface area contributed by atoms with E-state index in [-0.39, 0.29) is 52.0 Å². The normalized spacial score (nSPS) is 12.0. The molecule has 8 aromatic carbocycles. The van der Waals surface area contributed by atoms with Crippen LogP contribution < -0.4 is 48.8 Å². The van der Waals surface area contributed by atoms with Crippen molar-refractivity contribution < 1.29 is 14.4 Å². The Morgan fingerprint density at radius 3 is 1.24 bits per heavy atom. The van der Waals surface area contributed by atoms with E-state index in [0.717, 1.165) is 55.2 Å². The Bertz CT molecular complexity index is 7470. The van der Waals surface area contributed by atoms with E-state index in [2.05, 4.69) is 74.7 Å². The standard InChI is InChI=1S/C25H20ClN5O2.C24H18ClN5O2.C24H21ClN4O2S.C24H20ClN3O/c1-15-12-27-23-19(13-28-30(23)14-15)24(32)29-16(2)21-11-17-7-6-10-20(26)22(17)25(33)31(21)18-8-4-3-5-9-18;1-14(29-23(31)17-10-11-26-22-21(17)27-13-28-22)19-12-15-6-5-9-18(25)20(15)24(32)30(19)16-7-3-2-4-8-16;1-14(27-15(2)21-13-26-24(32-21)28-16(3)30)20-12-17-8-7-11-19(25)22(17)23(31)29(20)18-9-5-4-6-10-18;1-16(19-9-7-13-26-15-19)27-17(2)22-14-18-8-6-12-21(25)23(18)24(29)28(22)20-10-4-3-5-11-20/h3-14,16H,1-2H3,(H,29,32);2-14H,1H3,(H,29,31)(H,26,27,28);4-14,27H,2H2,1,3H3,(H,26,28,30);3-15,17,27H,1H2,2H3/t16-;2*14-;17-/m0000/s1. The Kier molecular flexibility index (Phi) is 26.0. The summed E-state index contributed by atoms with van der Waals surface area (Å²) in [5.41, 5.74) is 10.5. The van der Waals surface area contributed by atoms with Crippen molar-refractivity contribution in [3.63, 3.8) is 0 Å². The van der Waals surface area contributed by atoms with Crippen molar-refractivity contribution in [1.82, 2.24) is 79.1 Å². The van der Waals surface area contributed by atoms with Crippen molar-refractivity contribution in [1.29, 1.82) is 0 Å². The van der Waals surface area contributed by atoms with Gasteiger partial charge in [0.1, 0.15) is 5.56 Å². The highest BCUT2D eigenvalue weighted by atomic mass is 35.5. The van der Waals surface area contributed by atoms with Crippen molar-refractivity contribution in [3.8, 4) is 22.7 Å². The second kappa shape index (κ2) is 37.9. The molecule has 0 unspecified atom stereocenters. The monoisotopic (exact) mass is 1770 g/mol. The summed E-state index contributed by atoms with van der Waals surface area (Å²) in [7, 11) is 0. The van der Waals surface area contributed by atoms with Gasteiger partial charge in [-0.2, -0.15) is 5.10 Å². The summed E-state index contributed by atoms with van der Waals surface area (Å²) in [4.78, 5) is 116. The number of benzene rings is 8. The van der Waals surface area contributed by atoms with Gasteiger partial charge in [0.15, 0.2) is 16.4 Å². The number of hydrogen-bond acceptors (Lipinski definition) is 16. The van der Waals surface area contributed by atoms with Gasteiger partial charge in [0.05, 0.1) is 94.3 Å². The highest BCUT2D eigenvalue weighted by molar-refractivity contribution is 7.16. The summed E-state index contributed by atoms with van der Waals surface area (Å²) in [6, 6.07) is 71.0. The number of carbonyl (C=O) groups is 3. The lowest BCUT2D eigenvalue weighted by Gasteiger charge is -2.23. The molecule has 0 bridgehead atoms. The van der Waals surface area contributed by atoms with Crippen LogP contribution in [0.5, 0.6) is 0 Å². The summed E-state index contributed by atoms with van der Waals surface area (Å²) in [6.07, 6.45) is 13.2. The molecule has 10 heterocycles. The van der Waals surface area contributed by atoms with Gasteiger partial charge in [-0.05, 0) is 177 Å². The number of rotatable bonds is 19. The van der Waals surface area contributed by atoms with Gasteiger partial charge < -0.3 is 31.6 Å². The zero-order valence-corrected chi connectivity index (χ0v) is 72.4. The van der Waals surface area contributed by atoms with Gasteiger partial charge in [-0.3, -0.25) is 56.8 Å². The number of aromatic amines is 1. The van der Waals surface area contributed by atoms with Crippen LogP contribution in [-0.4, -0.2) is 75.5 Å². The number of nitrogens with one attached hydrogen (secondary N) is 6. The molecule has 3 amide bonds. The van der Waals surface area contributed by atoms with Gasteiger partial charge in [-0.15, -0.1) is 0 Å². The third-order valence-electron chi connectivity index (χ3n) is 20.8. The number of hydrogen-bond donors (Lipinski definition) is 6. The Morgan fingerprint density at radius 2 is 0.833 bits per heavy atom. The van der Waals surface area contributed by atoms with Gasteiger partial charge >= 0.3 is 0 Å². The predicted molar refractivity (Wildman–Crippen MR) is 503 cm³/mol. The van der Waals surface area contributed by atoms with E-state index in [4.69, 9.17) is 46.4 Å². The van der Waals surface area contributed by atoms with Crippen LogP contribution in [-0.2, 0) is 4.79 Å². The third-order valence-corrected chi connectivity index (χ3v) is 23.0. The molecular weight excluding hydrogens is 1690 g/mol. The zero-order chi connectivity index (χ0) is 88.6. The van der Waals surface area contributed by atoms with Crippen LogP contribution in [0, 0.1) is 6.92 Å². The molecule has 126 heavy (non-hydrogen) atoms. The molecule has 0 fully saturated rings. The molecular formula is C97H79Cl4N17O7S. The molecule has 0 aliphatic rings.